The Morgan fingerprint density at radius 1 is 0.627 bits per heavy atom. The van der Waals surface area contributed by atoms with E-state index < -0.39 is 0 Å². The molecule has 0 aliphatic carbocycles. The second-order valence-corrected chi connectivity index (χ2v) is 17.4. The lowest BCUT2D eigenvalue weighted by Crippen LogP contribution is -2.28. The molecule has 9 rings (SSSR count). The molecular weight excluding hydrogens is 721 g/mol. The first-order valence-electron chi connectivity index (χ1n) is 20.6. The lowest BCUT2D eigenvalue weighted by Gasteiger charge is -2.26. The first-order chi connectivity index (χ1) is 28.4. The zero-order valence-corrected chi connectivity index (χ0v) is 34.9. The standard InChI is InChI=1S/C54H50N4O/c1-37(2)46-17-11-12-18-47(46)38-31-43(57-30-29-56(36-57)42-23-21-39(22-24-42)53(3,4)5)34-45(32-38)59-44-25-26-49-48-19-13-14-20-50(48)58(51(49)35-44)52-33-41(27-28-55-52)54(6,7)40-15-9-8-10-16-40/h8-35,37H,1-7H3. The van der Waals surface area contributed by atoms with Gasteiger partial charge in [-0.1, -0.05) is 133 Å². The van der Waals surface area contributed by atoms with Crippen LogP contribution in [-0.4, -0.2) is 14.1 Å². The van der Waals surface area contributed by atoms with E-state index in [1.165, 1.54) is 33.2 Å². The third kappa shape index (κ3) is 7.23. The summed E-state index contributed by atoms with van der Waals surface area (Å²) in [7, 11) is 0. The normalized spacial score (nSPS) is 12.1. The number of ether oxygens (including phenoxy) is 1. The molecule has 9 aromatic rings. The maximum atomic E-state index is 6.90. The van der Waals surface area contributed by atoms with Gasteiger partial charge in [0.2, 0.25) is 0 Å². The molecule has 0 saturated heterocycles. The first-order valence-corrected chi connectivity index (χ1v) is 20.6. The zero-order chi connectivity index (χ0) is 40.9. The van der Waals surface area contributed by atoms with Crippen molar-refractivity contribution in [3.8, 4) is 39.8 Å². The molecule has 3 aromatic heterocycles. The van der Waals surface area contributed by atoms with Crippen molar-refractivity contribution in [1.29, 1.82) is 0 Å². The van der Waals surface area contributed by atoms with E-state index >= 15 is 0 Å². The predicted octanol–water partition coefficient (Wildman–Crippen LogP) is 13.3. The molecular formula is C54H50N4O. The van der Waals surface area contributed by atoms with E-state index in [0.717, 1.165) is 50.7 Å². The van der Waals surface area contributed by atoms with Crippen molar-refractivity contribution in [2.75, 3.05) is 0 Å². The van der Waals surface area contributed by atoms with E-state index in [4.69, 9.17) is 9.72 Å². The molecule has 5 heteroatoms. The Morgan fingerprint density at radius 3 is 2.14 bits per heavy atom. The fourth-order valence-electron chi connectivity index (χ4n) is 8.27. The Balaban J connectivity index is 1.14. The molecule has 0 aliphatic heterocycles. The van der Waals surface area contributed by atoms with Crippen molar-refractivity contribution < 1.29 is 9.30 Å². The van der Waals surface area contributed by atoms with Crippen molar-refractivity contribution in [3.63, 3.8) is 0 Å². The van der Waals surface area contributed by atoms with Crippen LogP contribution in [0.15, 0.2) is 170 Å². The number of fused-ring (bicyclic) bond motifs is 3. The third-order valence-electron chi connectivity index (χ3n) is 11.7. The van der Waals surface area contributed by atoms with Crippen LogP contribution in [0.1, 0.15) is 76.6 Å². The fourth-order valence-corrected chi connectivity index (χ4v) is 8.27. The molecule has 0 spiro atoms. The summed E-state index contributed by atoms with van der Waals surface area (Å²) >= 11 is 0. The smallest absolute Gasteiger partial charge is 0.268 e. The number of aromatic nitrogens is 4. The molecule has 6 aromatic carbocycles. The summed E-state index contributed by atoms with van der Waals surface area (Å²) in [4.78, 5) is 4.97. The summed E-state index contributed by atoms with van der Waals surface area (Å²) in [5, 5.41) is 2.31. The Bertz CT molecular complexity index is 2940. The highest BCUT2D eigenvalue weighted by atomic mass is 16.5. The van der Waals surface area contributed by atoms with E-state index in [2.05, 4.69) is 223 Å². The molecule has 0 amide bonds. The lowest BCUT2D eigenvalue weighted by molar-refractivity contribution is -0.599. The van der Waals surface area contributed by atoms with Crippen LogP contribution in [0.4, 0.5) is 0 Å². The van der Waals surface area contributed by atoms with Crippen LogP contribution in [0.3, 0.4) is 0 Å². The van der Waals surface area contributed by atoms with E-state index in [1.54, 1.807) is 0 Å². The molecule has 0 aliphatic rings. The second kappa shape index (κ2) is 14.9. The number of nitrogens with zero attached hydrogens (tertiary/aromatic N) is 4. The molecule has 0 N–H and O–H groups in total. The first kappa shape index (κ1) is 37.8. The molecule has 0 fully saturated rings. The molecule has 0 saturated carbocycles. The van der Waals surface area contributed by atoms with Gasteiger partial charge in [-0.3, -0.25) is 13.7 Å². The number of pyridine rings is 1. The monoisotopic (exact) mass is 770 g/mol. The molecule has 292 valence electrons. The number of para-hydroxylation sites is 1. The second-order valence-electron chi connectivity index (χ2n) is 17.4. The molecule has 3 heterocycles. The number of benzene rings is 6. The van der Waals surface area contributed by atoms with E-state index in [-0.39, 0.29) is 10.8 Å². The summed E-state index contributed by atoms with van der Waals surface area (Å²) in [6.07, 6.45) is 9.61. The predicted molar refractivity (Wildman–Crippen MR) is 242 cm³/mol. The summed E-state index contributed by atoms with van der Waals surface area (Å²) in [5.41, 5.74) is 11.3. The Hall–Kier alpha value is -6.72. The van der Waals surface area contributed by atoms with Gasteiger partial charge in [-0.25, -0.2) is 4.98 Å². The molecule has 0 unspecified atom stereocenters. The van der Waals surface area contributed by atoms with Gasteiger partial charge < -0.3 is 4.74 Å². The Kier molecular flexibility index (Phi) is 9.55. The Morgan fingerprint density at radius 2 is 1.36 bits per heavy atom. The van der Waals surface area contributed by atoms with E-state index in [9.17, 15) is 0 Å². The van der Waals surface area contributed by atoms with Crippen molar-refractivity contribution in [3.05, 3.63) is 199 Å². The molecule has 5 nitrogen and oxygen atoms in total. The van der Waals surface area contributed by atoms with Crippen LogP contribution in [0.2, 0.25) is 0 Å². The largest absolute Gasteiger partial charge is 0.458 e. The van der Waals surface area contributed by atoms with Crippen LogP contribution in [0.25, 0.3) is 50.1 Å². The maximum Gasteiger partial charge on any atom is 0.268 e. The van der Waals surface area contributed by atoms with Crippen LogP contribution in [0, 0.1) is 6.33 Å². The molecule has 0 bridgehead atoms. The minimum absolute atomic E-state index is 0.0880. The minimum Gasteiger partial charge on any atom is -0.458 e. The van der Waals surface area contributed by atoms with Crippen molar-refractivity contribution in [2.45, 2.75) is 65.2 Å². The number of hydrogen-bond acceptors (Lipinski definition) is 2. The highest BCUT2D eigenvalue weighted by Crippen LogP contribution is 2.39. The highest BCUT2D eigenvalue weighted by molar-refractivity contribution is 6.09. The van der Waals surface area contributed by atoms with Gasteiger partial charge in [0.1, 0.15) is 17.3 Å². The summed E-state index contributed by atoms with van der Waals surface area (Å²) in [6, 6.07) is 53.9. The summed E-state index contributed by atoms with van der Waals surface area (Å²) in [6.45, 7) is 15.8. The van der Waals surface area contributed by atoms with Crippen LogP contribution in [-0.2, 0) is 10.8 Å². The van der Waals surface area contributed by atoms with Gasteiger partial charge in [-0.2, -0.15) is 0 Å². The van der Waals surface area contributed by atoms with Gasteiger partial charge in [-0.15, -0.1) is 0 Å². The highest BCUT2D eigenvalue weighted by Gasteiger charge is 2.25. The average Bonchev–Trinajstić information content (AvgIpc) is 3.87. The number of imidazole rings is 1. The Labute approximate surface area is 347 Å². The maximum absolute atomic E-state index is 6.90. The van der Waals surface area contributed by atoms with E-state index in [0.29, 0.717) is 5.92 Å². The van der Waals surface area contributed by atoms with E-state index in [1.807, 2.05) is 15.3 Å². The third-order valence-corrected chi connectivity index (χ3v) is 11.7. The zero-order valence-electron chi connectivity index (χ0n) is 34.9. The van der Waals surface area contributed by atoms with Gasteiger partial charge in [0.25, 0.3) is 6.33 Å². The van der Waals surface area contributed by atoms with Crippen molar-refractivity contribution in [2.24, 2.45) is 0 Å². The van der Waals surface area contributed by atoms with Gasteiger partial charge in [0.05, 0.1) is 22.4 Å². The topological polar surface area (TPSA) is 35.9 Å². The van der Waals surface area contributed by atoms with Crippen LogP contribution in [0.5, 0.6) is 11.5 Å². The lowest BCUT2D eigenvalue weighted by atomic mass is 9.78. The minimum atomic E-state index is -0.212. The van der Waals surface area contributed by atoms with Gasteiger partial charge in [-0.05, 0) is 105 Å². The van der Waals surface area contributed by atoms with Crippen molar-refractivity contribution >= 4 is 21.8 Å². The molecule has 59 heavy (non-hydrogen) atoms. The van der Waals surface area contributed by atoms with Crippen molar-refractivity contribution in [1.82, 2.24) is 14.1 Å². The van der Waals surface area contributed by atoms with Gasteiger partial charge in [0, 0.05) is 40.8 Å². The van der Waals surface area contributed by atoms with Gasteiger partial charge in [0.15, 0.2) is 0 Å². The molecule has 0 atom stereocenters. The fraction of sp³-hybridized carbons (Fsp3) is 0.185. The van der Waals surface area contributed by atoms with Gasteiger partial charge >= 0.3 is 0 Å². The number of rotatable bonds is 9. The molecule has 0 radical (unpaired) electrons. The average molecular weight is 771 g/mol. The summed E-state index contributed by atoms with van der Waals surface area (Å²) in [5.74, 6) is 2.71. The number of hydrogen-bond donors (Lipinski definition) is 0. The van der Waals surface area contributed by atoms with Crippen LogP contribution >= 0.6 is 0 Å². The van der Waals surface area contributed by atoms with Crippen LogP contribution < -0.4 is 9.30 Å². The quantitative estimate of drug-likeness (QED) is 0.108. The summed E-state index contributed by atoms with van der Waals surface area (Å²) < 4.78 is 13.3. The SMILES string of the molecule is CC(C)c1ccccc1-c1cc(Oc2ccc3c4ccccc4n(-c4cc(C(C)(C)c5ccccc5)ccn4)c3c2)cc(-n2[c-][n+](-c3ccc(C(C)(C)C)cc3)cc2)c1.